The van der Waals surface area contributed by atoms with Gasteiger partial charge in [0.25, 0.3) is 5.91 Å². The third-order valence-corrected chi connectivity index (χ3v) is 4.62. The van der Waals surface area contributed by atoms with Crippen molar-refractivity contribution in [2.45, 2.75) is 12.8 Å². The van der Waals surface area contributed by atoms with Crippen molar-refractivity contribution in [3.63, 3.8) is 0 Å². The van der Waals surface area contributed by atoms with E-state index >= 15 is 0 Å². The highest BCUT2D eigenvalue weighted by atomic mass is 16.3. The van der Waals surface area contributed by atoms with Crippen LogP contribution in [-0.2, 0) is 6.42 Å². The van der Waals surface area contributed by atoms with E-state index in [1.165, 1.54) is 17.1 Å². The molecule has 26 heavy (non-hydrogen) atoms. The maximum atomic E-state index is 12.8. The lowest BCUT2D eigenvalue weighted by Crippen LogP contribution is -2.29. The SMILES string of the molecule is O=C(c1ccc(-n2cnnn2)cc1O)N1CCC(Cc2ccccn2)C1. The predicted octanol–water partition coefficient (Wildman–Crippen LogP) is 1.47. The van der Waals surface area contributed by atoms with Gasteiger partial charge in [-0.05, 0) is 53.5 Å². The maximum absolute atomic E-state index is 12.8. The summed E-state index contributed by atoms with van der Waals surface area (Å²) >= 11 is 0. The summed E-state index contributed by atoms with van der Waals surface area (Å²) < 4.78 is 1.42. The first-order chi connectivity index (χ1) is 12.7. The minimum atomic E-state index is -0.158. The molecule has 132 valence electrons. The molecule has 1 aromatic carbocycles. The average Bonchev–Trinajstić information content (AvgIpc) is 3.34. The summed E-state index contributed by atoms with van der Waals surface area (Å²) in [6.45, 7) is 1.36. The number of hydrogen-bond acceptors (Lipinski definition) is 6. The van der Waals surface area contributed by atoms with Crippen LogP contribution in [0.15, 0.2) is 48.9 Å². The molecule has 1 amide bonds. The second kappa shape index (κ2) is 6.91. The van der Waals surface area contributed by atoms with Gasteiger partial charge < -0.3 is 10.0 Å². The zero-order valence-electron chi connectivity index (χ0n) is 14.1. The molecular weight excluding hydrogens is 332 g/mol. The number of likely N-dealkylation sites (tertiary alicyclic amines) is 1. The summed E-state index contributed by atoms with van der Waals surface area (Å²) in [4.78, 5) is 18.9. The van der Waals surface area contributed by atoms with E-state index in [-0.39, 0.29) is 11.7 Å². The monoisotopic (exact) mass is 350 g/mol. The molecule has 8 heteroatoms. The molecule has 1 fully saturated rings. The molecule has 3 heterocycles. The van der Waals surface area contributed by atoms with Crippen LogP contribution < -0.4 is 0 Å². The minimum absolute atomic E-state index is 0.0730. The fourth-order valence-corrected chi connectivity index (χ4v) is 3.29. The highest BCUT2D eigenvalue weighted by Gasteiger charge is 2.28. The Balaban J connectivity index is 1.45. The van der Waals surface area contributed by atoms with Gasteiger partial charge >= 0.3 is 0 Å². The lowest BCUT2D eigenvalue weighted by Gasteiger charge is -2.17. The first-order valence-corrected chi connectivity index (χ1v) is 8.46. The number of aromatic nitrogens is 5. The summed E-state index contributed by atoms with van der Waals surface area (Å²) in [6, 6.07) is 10.7. The molecule has 1 aliphatic rings. The number of benzene rings is 1. The van der Waals surface area contributed by atoms with Gasteiger partial charge in [-0.3, -0.25) is 9.78 Å². The van der Waals surface area contributed by atoms with Crippen molar-refractivity contribution >= 4 is 5.91 Å². The van der Waals surface area contributed by atoms with Gasteiger partial charge in [0.2, 0.25) is 0 Å². The fraction of sp³-hybridized carbons (Fsp3) is 0.278. The van der Waals surface area contributed by atoms with E-state index in [1.807, 2.05) is 18.2 Å². The summed E-state index contributed by atoms with van der Waals surface area (Å²) in [6.07, 6.45) is 5.01. The number of rotatable bonds is 4. The highest BCUT2D eigenvalue weighted by Crippen LogP contribution is 2.26. The van der Waals surface area contributed by atoms with E-state index in [0.29, 0.717) is 30.3 Å². The van der Waals surface area contributed by atoms with Gasteiger partial charge in [-0.15, -0.1) is 5.10 Å². The quantitative estimate of drug-likeness (QED) is 0.765. The average molecular weight is 350 g/mol. The van der Waals surface area contributed by atoms with E-state index in [2.05, 4.69) is 20.5 Å². The second-order valence-corrected chi connectivity index (χ2v) is 6.39. The molecule has 1 N–H and O–H groups in total. The number of amides is 1. The van der Waals surface area contributed by atoms with Crippen molar-refractivity contribution in [1.82, 2.24) is 30.1 Å². The number of tetrazole rings is 1. The van der Waals surface area contributed by atoms with Crippen LogP contribution in [0.1, 0.15) is 22.5 Å². The molecule has 1 aliphatic heterocycles. The Hall–Kier alpha value is -3.29. The van der Waals surface area contributed by atoms with E-state index in [1.54, 1.807) is 23.2 Å². The molecule has 2 aromatic heterocycles. The Bertz CT molecular complexity index is 897. The molecule has 0 saturated carbocycles. The van der Waals surface area contributed by atoms with E-state index in [4.69, 9.17) is 0 Å². The van der Waals surface area contributed by atoms with Crippen LogP contribution in [0, 0.1) is 5.92 Å². The van der Waals surface area contributed by atoms with Gasteiger partial charge in [0.05, 0.1) is 11.3 Å². The Morgan fingerprint density at radius 3 is 2.92 bits per heavy atom. The number of nitrogens with zero attached hydrogens (tertiary/aromatic N) is 6. The molecule has 1 unspecified atom stereocenters. The number of phenolic OH excluding ortho intramolecular Hbond substituents is 1. The van der Waals surface area contributed by atoms with Crippen molar-refractivity contribution in [2.75, 3.05) is 13.1 Å². The van der Waals surface area contributed by atoms with Crippen LogP contribution in [0.5, 0.6) is 5.75 Å². The molecule has 3 aromatic rings. The number of hydrogen-bond donors (Lipinski definition) is 1. The molecule has 0 bridgehead atoms. The highest BCUT2D eigenvalue weighted by molar-refractivity contribution is 5.97. The minimum Gasteiger partial charge on any atom is -0.507 e. The number of carbonyl (C=O) groups is 1. The van der Waals surface area contributed by atoms with Crippen molar-refractivity contribution < 1.29 is 9.90 Å². The van der Waals surface area contributed by atoms with Crippen molar-refractivity contribution in [3.05, 3.63) is 60.2 Å². The second-order valence-electron chi connectivity index (χ2n) is 6.39. The van der Waals surface area contributed by atoms with Crippen molar-refractivity contribution in [1.29, 1.82) is 0 Å². The fourth-order valence-electron chi connectivity index (χ4n) is 3.29. The molecule has 1 saturated heterocycles. The summed E-state index contributed by atoms with van der Waals surface area (Å²) in [7, 11) is 0. The molecule has 0 spiro atoms. The Morgan fingerprint density at radius 2 is 2.19 bits per heavy atom. The molecular formula is C18H18N6O2. The summed E-state index contributed by atoms with van der Waals surface area (Å²) in [5.74, 6) is 0.155. The van der Waals surface area contributed by atoms with Crippen molar-refractivity contribution in [2.24, 2.45) is 5.92 Å². The van der Waals surface area contributed by atoms with Gasteiger partial charge in [0.1, 0.15) is 12.1 Å². The van der Waals surface area contributed by atoms with Gasteiger partial charge in [-0.1, -0.05) is 6.07 Å². The van der Waals surface area contributed by atoms with Crippen LogP contribution in [-0.4, -0.2) is 54.2 Å². The first kappa shape index (κ1) is 16.2. The Morgan fingerprint density at radius 1 is 1.27 bits per heavy atom. The third-order valence-electron chi connectivity index (χ3n) is 4.62. The van der Waals surface area contributed by atoms with Gasteiger partial charge in [0, 0.05) is 31.0 Å². The van der Waals surface area contributed by atoms with Crippen LogP contribution in [0.3, 0.4) is 0 Å². The Labute approximate surface area is 150 Å². The van der Waals surface area contributed by atoms with E-state index < -0.39 is 0 Å². The number of carbonyl (C=O) groups excluding carboxylic acids is 1. The third kappa shape index (κ3) is 3.26. The topological polar surface area (TPSA) is 97.0 Å². The first-order valence-electron chi connectivity index (χ1n) is 8.46. The van der Waals surface area contributed by atoms with Crippen molar-refractivity contribution in [3.8, 4) is 11.4 Å². The predicted molar refractivity (Wildman–Crippen MR) is 92.8 cm³/mol. The molecule has 4 rings (SSSR count). The smallest absolute Gasteiger partial charge is 0.257 e. The number of pyridine rings is 1. The van der Waals surface area contributed by atoms with Crippen LogP contribution in [0.2, 0.25) is 0 Å². The van der Waals surface area contributed by atoms with Gasteiger partial charge in [0.15, 0.2) is 0 Å². The normalized spacial score (nSPS) is 16.8. The zero-order valence-corrected chi connectivity index (χ0v) is 14.1. The largest absolute Gasteiger partial charge is 0.507 e. The van der Waals surface area contributed by atoms with Crippen LogP contribution >= 0.6 is 0 Å². The standard InChI is InChI=1S/C18H18N6O2/c25-17-10-15(24-12-20-21-22-24)4-5-16(17)18(26)23-8-6-13(11-23)9-14-3-1-2-7-19-14/h1-5,7,10,12-13,25H,6,8-9,11H2. The maximum Gasteiger partial charge on any atom is 0.257 e. The summed E-state index contributed by atoms with van der Waals surface area (Å²) in [5, 5.41) is 21.2. The number of aromatic hydroxyl groups is 1. The van der Waals surface area contributed by atoms with E-state index in [9.17, 15) is 9.90 Å². The summed E-state index contributed by atoms with van der Waals surface area (Å²) in [5.41, 5.74) is 1.93. The molecule has 0 aliphatic carbocycles. The van der Waals surface area contributed by atoms with Gasteiger partial charge in [-0.25, -0.2) is 4.68 Å². The number of phenols is 1. The lowest BCUT2D eigenvalue weighted by molar-refractivity contribution is 0.0784. The lowest BCUT2D eigenvalue weighted by atomic mass is 10.0. The molecule has 0 radical (unpaired) electrons. The van der Waals surface area contributed by atoms with Crippen LogP contribution in [0.4, 0.5) is 0 Å². The zero-order chi connectivity index (χ0) is 17.9. The molecule has 8 nitrogen and oxygen atoms in total. The van der Waals surface area contributed by atoms with E-state index in [0.717, 1.165) is 18.5 Å². The Kier molecular flexibility index (Phi) is 4.30. The molecule has 1 atom stereocenters. The van der Waals surface area contributed by atoms with Crippen LogP contribution in [0.25, 0.3) is 5.69 Å². The van der Waals surface area contributed by atoms with Gasteiger partial charge in [-0.2, -0.15) is 0 Å².